The van der Waals surface area contributed by atoms with Crippen molar-refractivity contribution in [3.8, 4) is 0 Å². The molecule has 0 fully saturated rings. The van der Waals surface area contributed by atoms with Gasteiger partial charge in [0, 0.05) is 12.7 Å². The van der Waals surface area contributed by atoms with E-state index in [1.54, 1.807) is 31.3 Å². The Morgan fingerprint density at radius 1 is 1.25 bits per heavy atom. The van der Waals surface area contributed by atoms with Crippen molar-refractivity contribution in [3.63, 3.8) is 0 Å². The highest BCUT2D eigenvalue weighted by molar-refractivity contribution is 6.30. The summed E-state index contributed by atoms with van der Waals surface area (Å²) in [5.74, 6) is -0.593. The second-order valence-corrected chi connectivity index (χ2v) is 4.37. The molecule has 0 aromatic heterocycles. The Labute approximate surface area is 119 Å². The van der Waals surface area contributed by atoms with Gasteiger partial charge in [-0.25, -0.2) is 4.39 Å². The molecule has 2 rings (SSSR count). The Bertz CT molecular complexity index is 664. The molecule has 0 aliphatic carbocycles. The first-order valence-corrected chi connectivity index (χ1v) is 6.08. The number of hydrogen-bond donors (Lipinski definition) is 2. The summed E-state index contributed by atoms with van der Waals surface area (Å²) in [7, 11) is 1.59. The predicted molar refractivity (Wildman–Crippen MR) is 77.3 cm³/mol. The summed E-state index contributed by atoms with van der Waals surface area (Å²) in [4.78, 5) is 10.6. The molecule has 0 aliphatic heterocycles. The smallest absolute Gasteiger partial charge is 0.315 e. The topological polar surface area (TPSA) is 67.2 Å². The summed E-state index contributed by atoms with van der Waals surface area (Å²) in [6, 6.07) is 8.90. The number of nitrogens with one attached hydrogen (secondary N) is 2. The molecule has 104 valence electrons. The third-order valence-electron chi connectivity index (χ3n) is 2.69. The Hall–Kier alpha value is -2.34. The summed E-state index contributed by atoms with van der Waals surface area (Å²) in [6.07, 6.45) is 0. The lowest BCUT2D eigenvalue weighted by atomic mass is 10.2. The first kappa shape index (κ1) is 14.1. The fourth-order valence-electron chi connectivity index (χ4n) is 1.77. The van der Waals surface area contributed by atoms with E-state index in [1.165, 1.54) is 12.1 Å². The standard InChI is InChI=1S/C13H11ClFN3O2/c1-16-11-3-2-4-12(13(11)18(19)20)17-8-5-6-9(14)10(15)7-8/h2-7,16-17H,1H3. The lowest BCUT2D eigenvalue weighted by Crippen LogP contribution is -2.01. The minimum absolute atomic E-state index is 0.00553. The van der Waals surface area contributed by atoms with E-state index < -0.39 is 10.7 Å². The van der Waals surface area contributed by atoms with Crippen molar-refractivity contribution in [1.82, 2.24) is 0 Å². The SMILES string of the molecule is CNc1cccc(Nc2ccc(Cl)c(F)c2)c1[N+](=O)[O-]. The van der Waals surface area contributed by atoms with Crippen LogP contribution in [-0.4, -0.2) is 12.0 Å². The van der Waals surface area contributed by atoms with Crippen LogP contribution in [0.2, 0.25) is 5.02 Å². The first-order chi connectivity index (χ1) is 9.52. The zero-order chi connectivity index (χ0) is 14.7. The molecule has 0 amide bonds. The van der Waals surface area contributed by atoms with Gasteiger partial charge in [0.2, 0.25) is 0 Å². The van der Waals surface area contributed by atoms with Gasteiger partial charge in [0.1, 0.15) is 17.2 Å². The third kappa shape index (κ3) is 2.80. The van der Waals surface area contributed by atoms with E-state index in [0.29, 0.717) is 11.4 Å². The molecule has 5 nitrogen and oxygen atoms in total. The molecule has 2 aromatic rings. The monoisotopic (exact) mass is 295 g/mol. The van der Waals surface area contributed by atoms with Crippen LogP contribution in [-0.2, 0) is 0 Å². The van der Waals surface area contributed by atoms with Crippen molar-refractivity contribution in [2.45, 2.75) is 0 Å². The van der Waals surface area contributed by atoms with Crippen molar-refractivity contribution in [3.05, 3.63) is 57.4 Å². The van der Waals surface area contributed by atoms with Gasteiger partial charge in [-0.15, -0.1) is 0 Å². The van der Waals surface area contributed by atoms with E-state index >= 15 is 0 Å². The highest BCUT2D eigenvalue weighted by atomic mass is 35.5. The molecule has 20 heavy (non-hydrogen) atoms. The second kappa shape index (κ2) is 5.75. The Kier molecular flexibility index (Phi) is 4.05. The first-order valence-electron chi connectivity index (χ1n) is 5.70. The maximum Gasteiger partial charge on any atom is 0.315 e. The minimum atomic E-state index is -0.593. The van der Waals surface area contributed by atoms with Gasteiger partial charge in [0.15, 0.2) is 0 Å². The summed E-state index contributed by atoms with van der Waals surface area (Å²) in [6.45, 7) is 0. The van der Waals surface area contributed by atoms with Gasteiger partial charge in [-0.3, -0.25) is 10.1 Å². The molecule has 0 unspecified atom stereocenters. The third-order valence-corrected chi connectivity index (χ3v) is 2.99. The van der Waals surface area contributed by atoms with E-state index in [0.717, 1.165) is 0 Å². The molecule has 0 saturated carbocycles. The Morgan fingerprint density at radius 3 is 2.55 bits per heavy atom. The lowest BCUT2D eigenvalue weighted by molar-refractivity contribution is -0.383. The highest BCUT2D eigenvalue weighted by Gasteiger charge is 2.19. The van der Waals surface area contributed by atoms with Gasteiger partial charge in [-0.05, 0) is 30.3 Å². The van der Waals surface area contributed by atoms with Crippen LogP contribution >= 0.6 is 11.6 Å². The van der Waals surface area contributed by atoms with Crippen LogP contribution in [0.5, 0.6) is 0 Å². The number of anilines is 3. The Balaban J connectivity index is 2.42. The molecule has 0 saturated heterocycles. The summed E-state index contributed by atoms with van der Waals surface area (Å²) in [5, 5.41) is 16.7. The molecule has 0 bridgehead atoms. The summed E-state index contributed by atoms with van der Waals surface area (Å²) < 4.78 is 13.4. The van der Waals surface area contributed by atoms with Crippen LogP contribution in [0.4, 0.5) is 27.1 Å². The van der Waals surface area contributed by atoms with Crippen LogP contribution in [0.1, 0.15) is 0 Å². The number of rotatable bonds is 4. The average molecular weight is 296 g/mol. The van der Waals surface area contributed by atoms with Gasteiger partial charge < -0.3 is 10.6 Å². The number of nitro benzene ring substituents is 1. The number of benzene rings is 2. The molecule has 2 aromatic carbocycles. The van der Waals surface area contributed by atoms with Crippen LogP contribution in [0.25, 0.3) is 0 Å². The van der Waals surface area contributed by atoms with Crippen molar-refractivity contribution >= 4 is 34.4 Å². The van der Waals surface area contributed by atoms with Crippen LogP contribution in [0.3, 0.4) is 0 Å². The van der Waals surface area contributed by atoms with Crippen LogP contribution in [0.15, 0.2) is 36.4 Å². The molecule has 2 N–H and O–H groups in total. The zero-order valence-corrected chi connectivity index (χ0v) is 11.2. The maximum absolute atomic E-state index is 13.4. The predicted octanol–water partition coefficient (Wildman–Crippen LogP) is 4.17. The van der Waals surface area contributed by atoms with Gasteiger partial charge in [0.05, 0.1) is 9.95 Å². The van der Waals surface area contributed by atoms with Gasteiger partial charge in [-0.1, -0.05) is 17.7 Å². The van der Waals surface area contributed by atoms with Crippen molar-refractivity contribution in [1.29, 1.82) is 0 Å². The molecule has 0 radical (unpaired) electrons. The highest BCUT2D eigenvalue weighted by Crippen LogP contribution is 2.34. The molecule has 0 atom stereocenters. The van der Waals surface area contributed by atoms with Crippen LogP contribution in [0, 0.1) is 15.9 Å². The van der Waals surface area contributed by atoms with E-state index in [2.05, 4.69) is 10.6 Å². The van der Waals surface area contributed by atoms with E-state index in [4.69, 9.17) is 11.6 Å². The van der Waals surface area contributed by atoms with Crippen molar-refractivity contribution in [2.24, 2.45) is 0 Å². The molecule has 0 heterocycles. The summed E-state index contributed by atoms with van der Waals surface area (Å²) >= 11 is 5.59. The number of nitrogens with zero attached hydrogens (tertiary/aromatic N) is 1. The zero-order valence-electron chi connectivity index (χ0n) is 10.5. The molecule has 0 aliphatic rings. The molecule has 0 spiro atoms. The Morgan fingerprint density at radius 2 is 1.95 bits per heavy atom. The average Bonchev–Trinajstić information content (AvgIpc) is 2.42. The van der Waals surface area contributed by atoms with E-state index in [1.807, 2.05) is 0 Å². The fourth-order valence-corrected chi connectivity index (χ4v) is 1.89. The molecular formula is C13H11ClFN3O2. The number of para-hydroxylation sites is 1. The van der Waals surface area contributed by atoms with Gasteiger partial charge in [0.25, 0.3) is 0 Å². The van der Waals surface area contributed by atoms with Crippen LogP contribution < -0.4 is 10.6 Å². The lowest BCUT2D eigenvalue weighted by Gasteiger charge is -2.10. The van der Waals surface area contributed by atoms with Gasteiger partial charge in [-0.2, -0.15) is 0 Å². The minimum Gasteiger partial charge on any atom is -0.382 e. The number of hydrogen-bond acceptors (Lipinski definition) is 4. The number of halogens is 2. The van der Waals surface area contributed by atoms with E-state index in [9.17, 15) is 14.5 Å². The quantitative estimate of drug-likeness (QED) is 0.656. The van der Waals surface area contributed by atoms with Crippen molar-refractivity contribution < 1.29 is 9.31 Å². The fraction of sp³-hybridized carbons (Fsp3) is 0.0769. The normalized spacial score (nSPS) is 10.2. The van der Waals surface area contributed by atoms with Gasteiger partial charge >= 0.3 is 5.69 Å². The molecule has 7 heteroatoms. The number of nitro groups is 1. The largest absolute Gasteiger partial charge is 0.382 e. The molecular weight excluding hydrogens is 285 g/mol. The summed E-state index contributed by atoms with van der Waals surface area (Å²) in [5.41, 5.74) is 0.909. The maximum atomic E-state index is 13.4. The van der Waals surface area contributed by atoms with Crippen molar-refractivity contribution in [2.75, 3.05) is 17.7 Å². The van der Waals surface area contributed by atoms with E-state index in [-0.39, 0.29) is 16.4 Å². The second-order valence-electron chi connectivity index (χ2n) is 3.96.